The molecule has 0 aliphatic carbocycles. The Hall–Kier alpha value is -1.75. The summed E-state index contributed by atoms with van der Waals surface area (Å²) in [7, 11) is 0. The zero-order chi connectivity index (χ0) is 14.7. The fourth-order valence-corrected chi connectivity index (χ4v) is 3.19. The molecule has 1 aliphatic heterocycles. The number of hydrogen-bond donors (Lipinski definition) is 1. The summed E-state index contributed by atoms with van der Waals surface area (Å²) in [5.74, 6) is -0.832. The van der Waals surface area contributed by atoms with E-state index in [4.69, 9.17) is 5.11 Å². The third kappa shape index (κ3) is 3.04. The van der Waals surface area contributed by atoms with Crippen molar-refractivity contribution in [3.05, 3.63) is 40.3 Å². The molecule has 0 spiro atoms. The van der Waals surface area contributed by atoms with E-state index in [1.807, 2.05) is 38.1 Å². The molecule has 1 N–H and O–H groups in total. The van der Waals surface area contributed by atoms with Crippen molar-refractivity contribution in [3.63, 3.8) is 0 Å². The Morgan fingerprint density at radius 3 is 2.55 bits per heavy atom. The SMILES string of the molecule is CCC1=C(c2ccc(C)cc2)N(CC(=O)O)C(=O)CS1. The minimum Gasteiger partial charge on any atom is -0.480 e. The summed E-state index contributed by atoms with van der Waals surface area (Å²) >= 11 is 1.50. The molecule has 4 nitrogen and oxygen atoms in total. The van der Waals surface area contributed by atoms with E-state index in [2.05, 4.69) is 0 Å². The van der Waals surface area contributed by atoms with Gasteiger partial charge in [0, 0.05) is 4.91 Å². The van der Waals surface area contributed by atoms with Gasteiger partial charge in [0.05, 0.1) is 11.4 Å². The molecule has 1 aliphatic rings. The molecule has 1 aromatic carbocycles. The van der Waals surface area contributed by atoms with Crippen molar-refractivity contribution in [2.24, 2.45) is 0 Å². The first-order valence-electron chi connectivity index (χ1n) is 6.48. The molecule has 1 aromatic rings. The number of carboxylic acid groups (broad SMARTS) is 1. The number of allylic oxidation sites excluding steroid dienone is 1. The molecule has 20 heavy (non-hydrogen) atoms. The molecule has 5 heteroatoms. The maximum absolute atomic E-state index is 12.0. The Balaban J connectivity index is 2.49. The van der Waals surface area contributed by atoms with Crippen LogP contribution in [0.4, 0.5) is 0 Å². The Morgan fingerprint density at radius 1 is 1.35 bits per heavy atom. The van der Waals surface area contributed by atoms with Crippen molar-refractivity contribution in [1.29, 1.82) is 0 Å². The van der Waals surface area contributed by atoms with Crippen LogP contribution in [0.1, 0.15) is 24.5 Å². The topological polar surface area (TPSA) is 57.6 Å². The molecule has 106 valence electrons. The van der Waals surface area contributed by atoms with Gasteiger partial charge in [0.25, 0.3) is 0 Å². The monoisotopic (exact) mass is 291 g/mol. The van der Waals surface area contributed by atoms with Gasteiger partial charge < -0.3 is 5.11 Å². The fraction of sp³-hybridized carbons (Fsp3) is 0.333. The highest BCUT2D eigenvalue weighted by Crippen LogP contribution is 2.36. The zero-order valence-corrected chi connectivity index (χ0v) is 12.4. The highest BCUT2D eigenvalue weighted by atomic mass is 32.2. The van der Waals surface area contributed by atoms with Crippen LogP contribution in [-0.2, 0) is 9.59 Å². The number of rotatable bonds is 4. The Bertz CT molecular complexity index is 563. The number of benzene rings is 1. The van der Waals surface area contributed by atoms with E-state index >= 15 is 0 Å². The van der Waals surface area contributed by atoms with E-state index in [9.17, 15) is 9.59 Å². The van der Waals surface area contributed by atoms with Crippen LogP contribution in [0, 0.1) is 6.92 Å². The number of carbonyl (C=O) groups excluding carboxylic acids is 1. The lowest BCUT2D eigenvalue weighted by Crippen LogP contribution is -2.38. The molecule has 0 saturated heterocycles. The Labute approximate surface area is 122 Å². The molecule has 0 unspecified atom stereocenters. The second-order valence-electron chi connectivity index (χ2n) is 4.65. The van der Waals surface area contributed by atoms with Gasteiger partial charge in [-0.15, -0.1) is 11.8 Å². The van der Waals surface area contributed by atoms with Crippen LogP contribution < -0.4 is 0 Å². The number of amides is 1. The largest absolute Gasteiger partial charge is 0.480 e. The number of carboxylic acids is 1. The molecule has 0 radical (unpaired) electrons. The van der Waals surface area contributed by atoms with Crippen molar-refractivity contribution < 1.29 is 14.7 Å². The third-order valence-corrected chi connectivity index (χ3v) is 4.37. The fourth-order valence-electron chi connectivity index (χ4n) is 2.17. The van der Waals surface area contributed by atoms with Crippen molar-refractivity contribution in [3.8, 4) is 0 Å². The van der Waals surface area contributed by atoms with Crippen molar-refractivity contribution >= 4 is 29.3 Å². The standard InChI is InChI=1S/C15H17NO3S/c1-3-12-15(11-6-4-10(2)5-7-11)16(8-14(18)19)13(17)9-20-12/h4-7H,3,8-9H2,1-2H3,(H,18,19). The van der Waals surface area contributed by atoms with Gasteiger partial charge in [-0.25, -0.2) is 0 Å². The second-order valence-corrected chi connectivity index (χ2v) is 5.72. The molecule has 1 heterocycles. The number of carbonyl (C=O) groups is 2. The smallest absolute Gasteiger partial charge is 0.323 e. The van der Waals surface area contributed by atoms with Crippen molar-refractivity contribution in [1.82, 2.24) is 4.90 Å². The van der Waals surface area contributed by atoms with E-state index < -0.39 is 5.97 Å². The van der Waals surface area contributed by atoms with Gasteiger partial charge in [-0.2, -0.15) is 0 Å². The Kier molecular flexibility index (Phi) is 4.49. The summed E-state index contributed by atoms with van der Waals surface area (Å²) in [5, 5.41) is 9.03. The molecule has 1 amide bonds. The number of nitrogens with zero attached hydrogens (tertiary/aromatic N) is 1. The van der Waals surface area contributed by atoms with Gasteiger partial charge >= 0.3 is 5.97 Å². The predicted molar refractivity (Wildman–Crippen MR) is 80.2 cm³/mol. The normalized spacial score (nSPS) is 15.7. The van der Waals surface area contributed by atoms with Gasteiger partial charge in [-0.3, -0.25) is 14.5 Å². The van der Waals surface area contributed by atoms with Gasteiger partial charge in [-0.1, -0.05) is 36.8 Å². The molecule has 0 fully saturated rings. The van der Waals surface area contributed by atoms with E-state index in [1.165, 1.54) is 16.7 Å². The van der Waals surface area contributed by atoms with Gasteiger partial charge in [0.2, 0.25) is 5.91 Å². The summed E-state index contributed by atoms with van der Waals surface area (Å²) in [4.78, 5) is 25.5. The Morgan fingerprint density at radius 2 is 2.00 bits per heavy atom. The number of thioether (sulfide) groups is 1. The molecule has 0 aromatic heterocycles. The lowest BCUT2D eigenvalue weighted by molar-refractivity contribution is -0.141. The first-order valence-corrected chi connectivity index (χ1v) is 7.46. The second kappa shape index (κ2) is 6.13. The summed E-state index contributed by atoms with van der Waals surface area (Å²) < 4.78 is 0. The van der Waals surface area contributed by atoms with Crippen LogP contribution in [0.15, 0.2) is 29.2 Å². The highest BCUT2D eigenvalue weighted by molar-refractivity contribution is 8.04. The number of aliphatic carboxylic acids is 1. The predicted octanol–water partition coefficient (Wildman–Crippen LogP) is 2.73. The first-order chi connectivity index (χ1) is 9.52. The molecule has 0 saturated carbocycles. The van der Waals surface area contributed by atoms with Crippen LogP contribution in [0.25, 0.3) is 5.70 Å². The molecule has 0 atom stereocenters. The van der Waals surface area contributed by atoms with Crippen molar-refractivity contribution in [2.45, 2.75) is 20.3 Å². The quantitative estimate of drug-likeness (QED) is 0.926. The van der Waals surface area contributed by atoms with Crippen LogP contribution in [0.5, 0.6) is 0 Å². The van der Waals surface area contributed by atoms with E-state index in [0.29, 0.717) is 5.75 Å². The van der Waals surface area contributed by atoms with Crippen LogP contribution in [0.3, 0.4) is 0 Å². The molecule has 0 bridgehead atoms. The van der Waals surface area contributed by atoms with Crippen LogP contribution in [0.2, 0.25) is 0 Å². The van der Waals surface area contributed by atoms with Gasteiger partial charge in [-0.05, 0) is 18.9 Å². The summed E-state index contributed by atoms with van der Waals surface area (Å²) in [6, 6.07) is 7.82. The van der Waals surface area contributed by atoms with Crippen LogP contribution >= 0.6 is 11.8 Å². The molecule has 2 rings (SSSR count). The highest BCUT2D eigenvalue weighted by Gasteiger charge is 2.29. The lowest BCUT2D eigenvalue weighted by atomic mass is 10.1. The van der Waals surface area contributed by atoms with Gasteiger partial charge in [0.1, 0.15) is 6.54 Å². The maximum atomic E-state index is 12.0. The number of hydrogen-bond acceptors (Lipinski definition) is 3. The summed E-state index contributed by atoms with van der Waals surface area (Å²) in [5.41, 5.74) is 2.78. The van der Waals surface area contributed by atoms with E-state index in [0.717, 1.165) is 28.1 Å². The minimum absolute atomic E-state index is 0.148. The van der Waals surface area contributed by atoms with E-state index in [-0.39, 0.29) is 12.5 Å². The third-order valence-electron chi connectivity index (χ3n) is 3.14. The van der Waals surface area contributed by atoms with Crippen LogP contribution in [-0.4, -0.2) is 34.2 Å². The maximum Gasteiger partial charge on any atom is 0.323 e. The van der Waals surface area contributed by atoms with E-state index in [1.54, 1.807) is 0 Å². The van der Waals surface area contributed by atoms with Crippen molar-refractivity contribution in [2.75, 3.05) is 12.3 Å². The molecular weight excluding hydrogens is 274 g/mol. The lowest BCUT2D eigenvalue weighted by Gasteiger charge is -2.30. The summed E-state index contributed by atoms with van der Waals surface area (Å²) in [6.45, 7) is 3.73. The summed E-state index contributed by atoms with van der Waals surface area (Å²) in [6.07, 6.45) is 0.789. The zero-order valence-electron chi connectivity index (χ0n) is 11.5. The molecular formula is C15H17NO3S. The first kappa shape index (κ1) is 14.7. The minimum atomic E-state index is -0.995. The average molecular weight is 291 g/mol. The average Bonchev–Trinajstić information content (AvgIpc) is 2.41. The van der Waals surface area contributed by atoms with Gasteiger partial charge in [0.15, 0.2) is 0 Å². The number of aryl methyl sites for hydroxylation is 1.